The number of aromatic nitrogens is 2. The highest BCUT2D eigenvalue weighted by molar-refractivity contribution is 8.02. The SMILES string of the molecule is CC(C)CNc1nnc(SC(C)C(=O)NC2CC2)s1. The van der Waals surface area contributed by atoms with Gasteiger partial charge in [0.2, 0.25) is 11.0 Å². The quantitative estimate of drug-likeness (QED) is 0.757. The minimum absolute atomic E-state index is 0.0967. The van der Waals surface area contributed by atoms with E-state index >= 15 is 0 Å². The van der Waals surface area contributed by atoms with Crippen LogP contribution in [0.4, 0.5) is 5.13 Å². The summed E-state index contributed by atoms with van der Waals surface area (Å²) in [5, 5.41) is 15.1. The van der Waals surface area contributed by atoms with E-state index in [4.69, 9.17) is 0 Å². The lowest BCUT2D eigenvalue weighted by molar-refractivity contribution is -0.120. The van der Waals surface area contributed by atoms with E-state index in [1.165, 1.54) is 23.1 Å². The standard InChI is InChI=1S/C12H20N4OS2/c1-7(2)6-13-11-15-16-12(19-11)18-8(3)10(17)14-9-4-5-9/h7-9H,4-6H2,1-3H3,(H,13,15)(H,14,17). The van der Waals surface area contributed by atoms with Crippen LogP contribution in [0.1, 0.15) is 33.6 Å². The smallest absolute Gasteiger partial charge is 0.233 e. The summed E-state index contributed by atoms with van der Waals surface area (Å²) < 4.78 is 0.838. The number of rotatable bonds is 7. The topological polar surface area (TPSA) is 66.9 Å². The Bertz CT molecular complexity index is 431. The van der Waals surface area contributed by atoms with E-state index in [9.17, 15) is 4.79 Å². The van der Waals surface area contributed by atoms with Gasteiger partial charge in [0.1, 0.15) is 0 Å². The maximum atomic E-state index is 11.8. The first-order chi connectivity index (χ1) is 9.04. The van der Waals surface area contributed by atoms with Crippen LogP contribution in [0.15, 0.2) is 4.34 Å². The van der Waals surface area contributed by atoms with Crippen molar-refractivity contribution >= 4 is 34.1 Å². The molecular formula is C12H20N4OS2. The zero-order valence-electron chi connectivity index (χ0n) is 11.5. The van der Waals surface area contributed by atoms with Gasteiger partial charge in [0, 0.05) is 12.6 Å². The average molecular weight is 300 g/mol. The van der Waals surface area contributed by atoms with Crippen LogP contribution < -0.4 is 10.6 Å². The summed E-state index contributed by atoms with van der Waals surface area (Å²) in [4.78, 5) is 11.8. The molecular weight excluding hydrogens is 280 g/mol. The summed E-state index contributed by atoms with van der Waals surface area (Å²) in [5.41, 5.74) is 0. The summed E-state index contributed by atoms with van der Waals surface area (Å²) in [6, 6.07) is 0.410. The highest BCUT2D eigenvalue weighted by Crippen LogP contribution is 2.29. The maximum absolute atomic E-state index is 11.8. The number of carbonyl (C=O) groups excluding carboxylic acids is 1. The zero-order chi connectivity index (χ0) is 13.8. The van der Waals surface area contributed by atoms with E-state index in [0.717, 1.165) is 28.9 Å². The van der Waals surface area contributed by atoms with Crippen molar-refractivity contribution in [3.8, 4) is 0 Å². The Morgan fingerprint density at radius 2 is 2.16 bits per heavy atom. The molecule has 1 saturated carbocycles. The zero-order valence-corrected chi connectivity index (χ0v) is 13.1. The van der Waals surface area contributed by atoms with Gasteiger partial charge in [-0.2, -0.15) is 0 Å². The van der Waals surface area contributed by atoms with Gasteiger partial charge in [-0.15, -0.1) is 10.2 Å². The lowest BCUT2D eigenvalue weighted by Gasteiger charge is -2.08. The molecule has 1 atom stereocenters. The number of amides is 1. The summed E-state index contributed by atoms with van der Waals surface area (Å²) in [7, 11) is 0. The number of hydrogen-bond acceptors (Lipinski definition) is 6. The summed E-state index contributed by atoms with van der Waals surface area (Å²) >= 11 is 2.97. The highest BCUT2D eigenvalue weighted by atomic mass is 32.2. The average Bonchev–Trinajstić information content (AvgIpc) is 3.05. The van der Waals surface area contributed by atoms with Crippen LogP contribution in [-0.4, -0.2) is 33.9 Å². The predicted octanol–water partition coefficient (Wildman–Crippen LogP) is 2.37. The minimum Gasteiger partial charge on any atom is -0.360 e. The first-order valence-electron chi connectivity index (χ1n) is 6.59. The van der Waals surface area contributed by atoms with Gasteiger partial charge in [0.15, 0.2) is 4.34 Å². The Hall–Kier alpha value is -0.820. The number of anilines is 1. The predicted molar refractivity (Wildman–Crippen MR) is 79.7 cm³/mol. The first kappa shape index (κ1) is 14.6. The first-order valence-corrected chi connectivity index (χ1v) is 8.28. The van der Waals surface area contributed by atoms with Crippen LogP contribution in [0, 0.1) is 5.92 Å². The third-order valence-electron chi connectivity index (χ3n) is 2.64. The van der Waals surface area contributed by atoms with Crippen molar-refractivity contribution in [2.24, 2.45) is 5.92 Å². The van der Waals surface area contributed by atoms with Gasteiger partial charge < -0.3 is 10.6 Å². The molecule has 1 aromatic heterocycles. The Kier molecular flexibility index (Phi) is 5.04. The summed E-state index contributed by atoms with van der Waals surface area (Å²) in [5.74, 6) is 0.669. The van der Waals surface area contributed by atoms with Crippen molar-refractivity contribution in [3.05, 3.63) is 0 Å². The molecule has 0 bridgehead atoms. The molecule has 0 spiro atoms. The van der Waals surface area contributed by atoms with Crippen molar-refractivity contribution in [1.82, 2.24) is 15.5 Å². The van der Waals surface area contributed by atoms with Gasteiger partial charge in [0.25, 0.3) is 0 Å². The number of thioether (sulfide) groups is 1. The van der Waals surface area contributed by atoms with Gasteiger partial charge in [-0.05, 0) is 25.7 Å². The molecule has 1 heterocycles. The van der Waals surface area contributed by atoms with Crippen LogP contribution in [0.2, 0.25) is 0 Å². The highest BCUT2D eigenvalue weighted by Gasteiger charge is 2.26. The van der Waals surface area contributed by atoms with E-state index < -0.39 is 0 Å². The summed E-state index contributed by atoms with van der Waals surface area (Å²) in [6.07, 6.45) is 2.23. The monoisotopic (exact) mass is 300 g/mol. The van der Waals surface area contributed by atoms with E-state index in [1.54, 1.807) is 0 Å². The van der Waals surface area contributed by atoms with E-state index in [2.05, 4.69) is 34.7 Å². The Labute approximate surface area is 122 Å². The lowest BCUT2D eigenvalue weighted by atomic mass is 10.2. The Balaban J connectivity index is 1.79. The van der Waals surface area contributed by atoms with Crippen molar-refractivity contribution in [1.29, 1.82) is 0 Å². The van der Waals surface area contributed by atoms with E-state index in [-0.39, 0.29) is 11.2 Å². The molecule has 1 aromatic rings. The van der Waals surface area contributed by atoms with Crippen LogP contribution in [0.25, 0.3) is 0 Å². The molecule has 1 aliphatic rings. The molecule has 19 heavy (non-hydrogen) atoms. The van der Waals surface area contributed by atoms with E-state index in [0.29, 0.717) is 12.0 Å². The fraction of sp³-hybridized carbons (Fsp3) is 0.750. The fourth-order valence-electron chi connectivity index (χ4n) is 1.37. The second-order valence-electron chi connectivity index (χ2n) is 5.19. The van der Waals surface area contributed by atoms with Crippen molar-refractivity contribution in [2.45, 2.75) is 49.2 Å². The second kappa shape index (κ2) is 6.56. The molecule has 2 rings (SSSR count). The molecule has 0 radical (unpaired) electrons. The van der Waals surface area contributed by atoms with E-state index in [1.807, 2.05) is 6.92 Å². The largest absolute Gasteiger partial charge is 0.360 e. The number of nitrogens with one attached hydrogen (secondary N) is 2. The third-order valence-corrected chi connectivity index (χ3v) is 4.70. The molecule has 5 nitrogen and oxygen atoms in total. The molecule has 2 N–H and O–H groups in total. The third kappa shape index (κ3) is 4.99. The summed E-state index contributed by atoms with van der Waals surface area (Å²) in [6.45, 7) is 7.09. The molecule has 106 valence electrons. The maximum Gasteiger partial charge on any atom is 0.233 e. The van der Waals surface area contributed by atoms with Gasteiger partial charge in [-0.25, -0.2) is 0 Å². The number of nitrogens with zero attached hydrogens (tertiary/aromatic N) is 2. The Morgan fingerprint density at radius 1 is 1.42 bits per heavy atom. The lowest BCUT2D eigenvalue weighted by Crippen LogP contribution is -2.32. The molecule has 1 unspecified atom stereocenters. The normalized spacial score (nSPS) is 16.4. The van der Waals surface area contributed by atoms with Gasteiger partial charge >= 0.3 is 0 Å². The van der Waals surface area contributed by atoms with Crippen LogP contribution in [-0.2, 0) is 4.79 Å². The van der Waals surface area contributed by atoms with Crippen LogP contribution in [0.3, 0.4) is 0 Å². The fourth-order valence-corrected chi connectivity index (χ4v) is 3.28. The molecule has 0 saturated heterocycles. The van der Waals surface area contributed by atoms with Crippen molar-refractivity contribution in [2.75, 3.05) is 11.9 Å². The van der Waals surface area contributed by atoms with Crippen LogP contribution in [0.5, 0.6) is 0 Å². The molecule has 7 heteroatoms. The molecule has 0 aromatic carbocycles. The van der Waals surface area contributed by atoms with Gasteiger partial charge in [-0.3, -0.25) is 4.79 Å². The molecule has 1 fully saturated rings. The van der Waals surface area contributed by atoms with Crippen molar-refractivity contribution < 1.29 is 4.79 Å². The van der Waals surface area contributed by atoms with Gasteiger partial charge in [0.05, 0.1) is 5.25 Å². The van der Waals surface area contributed by atoms with Crippen LogP contribution >= 0.6 is 23.1 Å². The molecule has 0 aliphatic heterocycles. The molecule has 1 aliphatic carbocycles. The van der Waals surface area contributed by atoms with Gasteiger partial charge in [-0.1, -0.05) is 36.9 Å². The molecule has 1 amide bonds. The minimum atomic E-state index is -0.119. The number of hydrogen-bond donors (Lipinski definition) is 2. The second-order valence-corrected chi connectivity index (χ2v) is 7.76. The Morgan fingerprint density at radius 3 is 2.79 bits per heavy atom. The van der Waals surface area contributed by atoms with Crippen molar-refractivity contribution in [3.63, 3.8) is 0 Å². The number of carbonyl (C=O) groups is 1.